The molecule has 1 saturated carbocycles. The van der Waals surface area contributed by atoms with Crippen molar-refractivity contribution in [1.82, 2.24) is 19.4 Å². The average Bonchev–Trinajstić information content (AvgIpc) is 3.12. The maximum atomic E-state index is 13.0. The van der Waals surface area contributed by atoms with E-state index in [-0.39, 0.29) is 23.9 Å². The van der Waals surface area contributed by atoms with Crippen LogP contribution in [0.25, 0.3) is 11.0 Å². The molecule has 1 aromatic carbocycles. The van der Waals surface area contributed by atoms with Crippen molar-refractivity contribution in [3.63, 3.8) is 0 Å². The number of aromatic nitrogens is 2. The highest BCUT2D eigenvalue weighted by molar-refractivity contribution is 6.00. The fraction of sp³-hybridized carbons (Fsp3) is 0.630. The minimum absolute atomic E-state index is 0.221. The summed E-state index contributed by atoms with van der Waals surface area (Å²) in [4.78, 5) is 50.6. The smallest absolute Gasteiger partial charge is 0.303 e. The molecular weight excluding hydrogens is 444 g/mol. The van der Waals surface area contributed by atoms with Gasteiger partial charge in [0.05, 0.1) is 11.0 Å². The molecule has 0 bridgehead atoms. The van der Waals surface area contributed by atoms with Crippen molar-refractivity contribution < 1.29 is 14.4 Å². The Bertz CT molecular complexity index is 1170. The fourth-order valence-corrected chi connectivity index (χ4v) is 6.37. The maximum Gasteiger partial charge on any atom is 0.329 e. The van der Waals surface area contributed by atoms with Gasteiger partial charge < -0.3 is 9.69 Å². The Morgan fingerprint density at radius 2 is 1.71 bits per heavy atom. The highest BCUT2D eigenvalue weighted by Crippen LogP contribution is 2.31. The van der Waals surface area contributed by atoms with Gasteiger partial charge in [-0.25, -0.2) is 4.79 Å². The van der Waals surface area contributed by atoms with Gasteiger partial charge in [0.25, 0.3) is 0 Å². The van der Waals surface area contributed by atoms with Gasteiger partial charge in [0, 0.05) is 25.4 Å². The first kappa shape index (κ1) is 24.0. The molecule has 3 heterocycles. The summed E-state index contributed by atoms with van der Waals surface area (Å²) >= 11 is 0. The lowest BCUT2D eigenvalue weighted by molar-refractivity contribution is -0.135. The Kier molecular flexibility index (Phi) is 6.91. The van der Waals surface area contributed by atoms with Crippen LogP contribution in [0, 0.1) is 11.8 Å². The van der Waals surface area contributed by atoms with Gasteiger partial charge in [-0.05, 0) is 94.5 Å². The first-order chi connectivity index (χ1) is 16.9. The Morgan fingerprint density at radius 1 is 0.971 bits per heavy atom. The third-order valence-electron chi connectivity index (χ3n) is 8.62. The minimum atomic E-state index is -0.645. The first-order valence-electron chi connectivity index (χ1n) is 13.2. The van der Waals surface area contributed by atoms with E-state index in [1.807, 2.05) is 6.07 Å². The Balaban J connectivity index is 1.20. The van der Waals surface area contributed by atoms with Crippen molar-refractivity contribution in [2.24, 2.45) is 18.9 Å². The van der Waals surface area contributed by atoms with Crippen molar-refractivity contribution >= 4 is 29.1 Å². The zero-order valence-corrected chi connectivity index (χ0v) is 20.6. The van der Waals surface area contributed by atoms with E-state index >= 15 is 0 Å². The number of rotatable bonds is 6. The lowest BCUT2D eigenvalue weighted by Gasteiger charge is -2.40. The topological polar surface area (TPSA) is 93.4 Å². The summed E-state index contributed by atoms with van der Waals surface area (Å²) in [6, 6.07) is 6.12. The summed E-state index contributed by atoms with van der Waals surface area (Å²) < 4.78 is 3.15. The zero-order valence-electron chi connectivity index (χ0n) is 20.6. The number of hydrogen-bond donors (Lipinski definition) is 1. The molecule has 1 aromatic heterocycles. The van der Waals surface area contributed by atoms with Gasteiger partial charge in [-0.2, -0.15) is 0 Å². The van der Waals surface area contributed by atoms with Crippen LogP contribution in [-0.4, -0.2) is 51.3 Å². The van der Waals surface area contributed by atoms with E-state index in [4.69, 9.17) is 0 Å². The summed E-state index contributed by atoms with van der Waals surface area (Å²) in [5.41, 5.74) is 2.57. The van der Waals surface area contributed by atoms with Crippen molar-refractivity contribution in [1.29, 1.82) is 0 Å². The van der Waals surface area contributed by atoms with Crippen LogP contribution in [0.5, 0.6) is 0 Å². The summed E-state index contributed by atoms with van der Waals surface area (Å²) in [6.45, 7) is 2.31. The molecular formula is C27H36N4O4. The van der Waals surface area contributed by atoms with Gasteiger partial charge in [0.2, 0.25) is 11.8 Å². The number of nitrogens with one attached hydrogen (secondary N) is 1. The average molecular weight is 481 g/mol. The number of benzene rings is 1. The quantitative estimate of drug-likeness (QED) is 0.507. The van der Waals surface area contributed by atoms with E-state index in [1.54, 1.807) is 16.2 Å². The molecule has 1 aliphatic carbocycles. The number of aldehydes is 1. The van der Waals surface area contributed by atoms with E-state index in [2.05, 4.69) is 22.3 Å². The number of fused-ring (bicyclic) bond motifs is 1. The van der Waals surface area contributed by atoms with Crippen LogP contribution in [0.15, 0.2) is 23.0 Å². The van der Waals surface area contributed by atoms with Gasteiger partial charge in [0.15, 0.2) is 0 Å². The Labute approximate surface area is 205 Å². The molecule has 188 valence electrons. The molecule has 1 atom stereocenters. The second-order valence-corrected chi connectivity index (χ2v) is 10.7. The standard InChI is InChI=1S/C27H36N4O4/c1-29-24-16-19(6-9-22(24)31(27(29)35)23-10-11-25(33)28-26(23)34)3-2-18-12-14-30(15-13-18)21-7-4-20(17-32)5-8-21/h6,9,16-18,20-21,23H,2-5,7-8,10-15H2,1H3,(H,28,33,34). The summed E-state index contributed by atoms with van der Waals surface area (Å²) in [7, 11) is 1.75. The van der Waals surface area contributed by atoms with E-state index in [0.29, 0.717) is 18.4 Å². The largest absolute Gasteiger partial charge is 0.329 e. The van der Waals surface area contributed by atoms with Crippen LogP contribution in [0.2, 0.25) is 0 Å². The lowest BCUT2D eigenvalue weighted by atomic mass is 9.84. The van der Waals surface area contributed by atoms with E-state index < -0.39 is 11.9 Å². The normalized spacial score (nSPS) is 26.7. The second-order valence-electron chi connectivity index (χ2n) is 10.7. The molecule has 0 spiro atoms. The monoisotopic (exact) mass is 480 g/mol. The number of carbonyl (C=O) groups is 3. The SMILES string of the molecule is Cn1c(=O)n(C2CCC(=O)NC2=O)c2ccc(CCC3CCN(C4CCC(C=O)CC4)CC3)cc21. The predicted molar refractivity (Wildman–Crippen MR) is 133 cm³/mol. The number of likely N-dealkylation sites (tertiary alicyclic amines) is 1. The molecule has 5 rings (SSSR count). The minimum Gasteiger partial charge on any atom is -0.303 e. The van der Waals surface area contributed by atoms with Crippen LogP contribution in [0.1, 0.15) is 69.4 Å². The molecule has 0 radical (unpaired) electrons. The van der Waals surface area contributed by atoms with Crippen LogP contribution in [0.3, 0.4) is 0 Å². The fourth-order valence-electron chi connectivity index (χ4n) is 6.37. The van der Waals surface area contributed by atoms with Gasteiger partial charge in [-0.3, -0.25) is 24.0 Å². The first-order valence-corrected chi connectivity index (χ1v) is 13.2. The van der Waals surface area contributed by atoms with Crippen molar-refractivity contribution in [3.8, 4) is 0 Å². The maximum absolute atomic E-state index is 13.0. The number of imidazole rings is 1. The summed E-state index contributed by atoms with van der Waals surface area (Å²) in [5.74, 6) is 0.313. The van der Waals surface area contributed by atoms with Crippen molar-refractivity contribution in [3.05, 3.63) is 34.2 Å². The number of piperidine rings is 2. The molecule has 3 aliphatic rings. The number of imide groups is 1. The molecule has 2 aliphatic heterocycles. The van der Waals surface area contributed by atoms with Crippen molar-refractivity contribution in [2.45, 2.75) is 76.3 Å². The van der Waals surface area contributed by atoms with Crippen LogP contribution >= 0.6 is 0 Å². The zero-order chi connectivity index (χ0) is 24.5. The summed E-state index contributed by atoms with van der Waals surface area (Å²) in [6.07, 6.45) is 10.7. The number of carbonyl (C=O) groups excluding carboxylic acids is 3. The molecule has 35 heavy (non-hydrogen) atoms. The molecule has 1 N–H and O–H groups in total. The van der Waals surface area contributed by atoms with Gasteiger partial charge >= 0.3 is 5.69 Å². The van der Waals surface area contributed by atoms with Gasteiger partial charge in [-0.1, -0.05) is 6.07 Å². The molecule has 8 heteroatoms. The third kappa shape index (κ3) is 4.85. The van der Waals surface area contributed by atoms with Crippen LogP contribution in [0.4, 0.5) is 0 Å². The molecule has 2 aromatic rings. The van der Waals surface area contributed by atoms with Gasteiger partial charge in [0.1, 0.15) is 12.3 Å². The van der Waals surface area contributed by atoms with E-state index in [0.717, 1.165) is 68.9 Å². The molecule has 8 nitrogen and oxygen atoms in total. The second kappa shape index (κ2) is 10.1. The van der Waals surface area contributed by atoms with E-state index in [9.17, 15) is 19.2 Å². The Hall–Kier alpha value is -2.74. The molecule has 2 amide bonds. The lowest BCUT2D eigenvalue weighted by Crippen LogP contribution is -2.44. The van der Waals surface area contributed by atoms with Gasteiger partial charge in [-0.15, -0.1) is 0 Å². The van der Waals surface area contributed by atoms with E-state index in [1.165, 1.54) is 18.4 Å². The van der Waals surface area contributed by atoms with Crippen LogP contribution < -0.4 is 11.0 Å². The highest BCUT2D eigenvalue weighted by atomic mass is 16.2. The summed E-state index contributed by atoms with van der Waals surface area (Å²) in [5, 5.41) is 2.36. The number of nitrogens with zero attached hydrogens (tertiary/aromatic N) is 3. The number of amides is 2. The molecule has 3 fully saturated rings. The molecule has 2 saturated heterocycles. The number of hydrogen-bond acceptors (Lipinski definition) is 5. The highest BCUT2D eigenvalue weighted by Gasteiger charge is 2.31. The predicted octanol–water partition coefficient (Wildman–Crippen LogP) is 2.72. The Morgan fingerprint density at radius 3 is 2.40 bits per heavy atom. The van der Waals surface area contributed by atoms with Crippen LogP contribution in [-0.2, 0) is 27.9 Å². The third-order valence-corrected chi connectivity index (χ3v) is 8.62. The number of aryl methyl sites for hydroxylation is 2. The van der Waals surface area contributed by atoms with Crippen molar-refractivity contribution in [2.75, 3.05) is 13.1 Å². The molecule has 1 unspecified atom stereocenters.